The Balaban J connectivity index is 1.96. The zero-order valence-corrected chi connectivity index (χ0v) is 9.89. The Bertz CT molecular complexity index is 368. The molecule has 1 aromatic rings. The molecule has 1 unspecified atom stereocenters. The highest BCUT2D eigenvalue weighted by Crippen LogP contribution is 2.27. The van der Waals surface area contributed by atoms with Crippen molar-refractivity contribution < 1.29 is 5.11 Å². The lowest BCUT2D eigenvalue weighted by Crippen LogP contribution is -2.01. The monoisotopic (exact) mass is 220 g/mol. The predicted octanol–water partition coefficient (Wildman–Crippen LogP) is 2.83. The van der Waals surface area contributed by atoms with Gasteiger partial charge in [-0.1, -0.05) is 11.6 Å². The minimum absolute atomic E-state index is 0.385. The lowest BCUT2D eigenvalue weighted by molar-refractivity contribution is 0.176. The smallest absolute Gasteiger partial charge is 0.0857 e. The maximum absolute atomic E-state index is 10.1. The zero-order valence-electron chi connectivity index (χ0n) is 9.89. The van der Waals surface area contributed by atoms with E-state index >= 15 is 0 Å². The van der Waals surface area contributed by atoms with E-state index in [4.69, 9.17) is 0 Å². The number of nitrogens with zero attached hydrogens (tertiary/aromatic N) is 2. The summed E-state index contributed by atoms with van der Waals surface area (Å²) in [7, 11) is 0. The molecule has 0 saturated carbocycles. The molecule has 16 heavy (non-hydrogen) atoms. The molecule has 3 heteroatoms. The van der Waals surface area contributed by atoms with Crippen LogP contribution in [0.15, 0.2) is 24.0 Å². The van der Waals surface area contributed by atoms with Gasteiger partial charge in [0.25, 0.3) is 0 Å². The van der Waals surface area contributed by atoms with Gasteiger partial charge in [-0.2, -0.15) is 5.10 Å². The number of aromatic nitrogens is 2. The third-order valence-electron chi connectivity index (χ3n) is 3.20. The van der Waals surface area contributed by atoms with Gasteiger partial charge in [-0.15, -0.1) is 0 Å². The van der Waals surface area contributed by atoms with Crippen LogP contribution in [0.2, 0.25) is 0 Å². The second-order valence-electron chi connectivity index (χ2n) is 4.46. The molecule has 1 aliphatic rings. The molecule has 1 atom stereocenters. The first-order chi connectivity index (χ1) is 7.79. The van der Waals surface area contributed by atoms with Crippen LogP contribution in [0.1, 0.15) is 50.7 Å². The van der Waals surface area contributed by atoms with Crippen molar-refractivity contribution in [2.24, 2.45) is 0 Å². The molecule has 0 aliphatic heterocycles. The number of allylic oxidation sites excluding steroid dienone is 1. The fourth-order valence-electron chi connectivity index (χ4n) is 2.18. The molecular weight excluding hydrogens is 200 g/mol. The fourth-order valence-corrected chi connectivity index (χ4v) is 2.18. The number of aryl methyl sites for hydroxylation is 1. The third-order valence-corrected chi connectivity index (χ3v) is 3.20. The Morgan fingerprint density at radius 2 is 2.38 bits per heavy atom. The molecule has 0 bridgehead atoms. The standard InChI is InChI=1S/C13H20N2O/c1-2-15-10-12(9-14-15)13(16)8-11-6-4-3-5-7-11/h6,9-10,13,16H,2-5,7-8H2,1H3. The van der Waals surface area contributed by atoms with Crippen LogP contribution in [-0.4, -0.2) is 14.9 Å². The predicted molar refractivity (Wildman–Crippen MR) is 64.0 cm³/mol. The molecule has 0 fully saturated rings. The maximum atomic E-state index is 10.1. The summed E-state index contributed by atoms with van der Waals surface area (Å²) in [6.07, 6.45) is 11.3. The summed E-state index contributed by atoms with van der Waals surface area (Å²) in [6, 6.07) is 0. The highest BCUT2D eigenvalue weighted by molar-refractivity contribution is 5.14. The van der Waals surface area contributed by atoms with Gasteiger partial charge < -0.3 is 5.11 Å². The molecule has 2 rings (SSSR count). The first-order valence-electron chi connectivity index (χ1n) is 6.18. The second-order valence-corrected chi connectivity index (χ2v) is 4.46. The summed E-state index contributed by atoms with van der Waals surface area (Å²) in [4.78, 5) is 0. The highest BCUT2D eigenvalue weighted by Gasteiger charge is 2.13. The van der Waals surface area contributed by atoms with Crippen molar-refractivity contribution in [3.05, 3.63) is 29.6 Å². The first kappa shape index (κ1) is 11.4. The Morgan fingerprint density at radius 1 is 1.50 bits per heavy atom. The number of aliphatic hydroxyl groups is 1. The maximum Gasteiger partial charge on any atom is 0.0857 e. The zero-order chi connectivity index (χ0) is 11.4. The molecule has 0 spiro atoms. The Hall–Kier alpha value is -1.09. The van der Waals surface area contributed by atoms with E-state index in [1.165, 1.54) is 24.8 Å². The Labute approximate surface area is 96.8 Å². The molecule has 1 N–H and O–H groups in total. The highest BCUT2D eigenvalue weighted by atomic mass is 16.3. The molecule has 88 valence electrons. The van der Waals surface area contributed by atoms with E-state index in [0.29, 0.717) is 0 Å². The number of hydrogen-bond donors (Lipinski definition) is 1. The normalized spacial score (nSPS) is 18.2. The molecule has 1 aliphatic carbocycles. The van der Waals surface area contributed by atoms with E-state index in [9.17, 15) is 5.11 Å². The van der Waals surface area contributed by atoms with Crippen molar-refractivity contribution in [1.82, 2.24) is 9.78 Å². The van der Waals surface area contributed by atoms with Crippen molar-refractivity contribution in [2.75, 3.05) is 0 Å². The first-order valence-corrected chi connectivity index (χ1v) is 6.18. The lowest BCUT2D eigenvalue weighted by Gasteiger charge is -2.15. The van der Waals surface area contributed by atoms with Crippen molar-refractivity contribution in [1.29, 1.82) is 0 Å². The number of hydrogen-bond acceptors (Lipinski definition) is 2. The number of aliphatic hydroxyl groups excluding tert-OH is 1. The molecular formula is C13H20N2O. The minimum Gasteiger partial charge on any atom is -0.388 e. The molecule has 0 amide bonds. The topological polar surface area (TPSA) is 38.0 Å². The van der Waals surface area contributed by atoms with Gasteiger partial charge in [-0.05, 0) is 39.0 Å². The Kier molecular flexibility index (Phi) is 3.78. The second kappa shape index (κ2) is 5.30. The van der Waals surface area contributed by atoms with Gasteiger partial charge in [0.05, 0.1) is 12.3 Å². The summed E-state index contributed by atoms with van der Waals surface area (Å²) in [5.41, 5.74) is 2.34. The van der Waals surface area contributed by atoms with E-state index in [-0.39, 0.29) is 6.10 Å². The van der Waals surface area contributed by atoms with Gasteiger partial charge in [-0.25, -0.2) is 0 Å². The minimum atomic E-state index is -0.385. The molecule has 1 aromatic heterocycles. The van der Waals surface area contributed by atoms with Crippen molar-refractivity contribution in [3.63, 3.8) is 0 Å². The van der Waals surface area contributed by atoms with Crippen LogP contribution in [-0.2, 0) is 6.54 Å². The van der Waals surface area contributed by atoms with E-state index in [1.807, 2.05) is 17.8 Å². The number of rotatable bonds is 4. The summed E-state index contributed by atoms with van der Waals surface area (Å²) in [5, 5.41) is 14.3. The van der Waals surface area contributed by atoms with Crippen LogP contribution in [0.5, 0.6) is 0 Å². The van der Waals surface area contributed by atoms with Crippen LogP contribution < -0.4 is 0 Å². The summed E-state index contributed by atoms with van der Waals surface area (Å²) >= 11 is 0. The van der Waals surface area contributed by atoms with Gasteiger partial charge in [0.15, 0.2) is 0 Å². The fraction of sp³-hybridized carbons (Fsp3) is 0.615. The van der Waals surface area contributed by atoms with Crippen molar-refractivity contribution in [3.8, 4) is 0 Å². The average Bonchev–Trinajstić information content (AvgIpc) is 2.79. The van der Waals surface area contributed by atoms with Crippen LogP contribution >= 0.6 is 0 Å². The Morgan fingerprint density at radius 3 is 3.00 bits per heavy atom. The van der Waals surface area contributed by atoms with Gasteiger partial charge in [0.1, 0.15) is 0 Å². The summed E-state index contributed by atoms with van der Waals surface area (Å²) in [5.74, 6) is 0. The van der Waals surface area contributed by atoms with Gasteiger partial charge in [-0.3, -0.25) is 4.68 Å². The largest absolute Gasteiger partial charge is 0.388 e. The van der Waals surface area contributed by atoms with E-state index in [1.54, 1.807) is 6.20 Å². The lowest BCUT2D eigenvalue weighted by atomic mass is 9.94. The van der Waals surface area contributed by atoms with Crippen LogP contribution in [0.25, 0.3) is 0 Å². The molecule has 3 nitrogen and oxygen atoms in total. The van der Waals surface area contributed by atoms with Gasteiger partial charge >= 0.3 is 0 Å². The van der Waals surface area contributed by atoms with E-state index in [0.717, 1.165) is 24.9 Å². The van der Waals surface area contributed by atoms with Crippen molar-refractivity contribution >= 4 is 0 Å². The van der Waals surface area contributed by atoms with Crippen LogP contribution in [0.3, 0.4) is 0 Å². The average molecular weight is 220 g/mol. The van der Waals surface area contributed by atoms with E-state index in [2.05, 4.69) is 11.2 Å². The summed E-state index contributed by atoms with van der Waals surface area (Å²) < 4.78 is 1.85. The van der Waals surface area contributed by atoms with Crippen molar-refractivity contribution in [2.45, 2.75) is 51.7 Å². The molecule has 0 saturated heterocycles. The van der Waals surface area contributed by atoms with Gasteiger partial charge in [0.2, 0.25) is 0 Å². The summed E-state index contributed by atoms with van der Waals surface area (Å²) in [6.45, 7) is 2.91. The quantitative estimate of drug-likeness (QED) is 0.792. The SMILES string of the molecule is CCn1cc(C(O)CC2=CCCCC2)cn1. The molecule has 0 aromatic carbocycles. The van der Waals surface area contributed by atoms with Crippen LogP contribution in [0.4, 0.5) is 0 Å². The van der Waals surface area contributed by atoms with Gasteiger partial charge in [0, 0.05) is 18.3 Å². The molecule has 0 radical (unpaired) electrons. The third kappa shape index (κ3) is 2.73. The van der Waals surface area contributed by atoms with Crippen LogP contribution in [0, 0.1) is 0 Å². The van der Waals surface area contributed by atoms with E-state index < -0.39 is 0 Å². The molecule has 1 heterocycles.